The summed E-state index contributed by atoms with van der Waals surface area (Å²) in [5.41, 5.74) is 0.869. The molecule has 0 spiro atoms. The van der Waals surface area contributed by atoms with Gasteiger partial charge in [0.2, 0.25) is 5.91 Å². The molecule has 2 aromatic carbocycles. The van der Waals surface area contributed by atoms with Gasteiger partial charge in [0.25, 0.3) is 0 Å². The number of hydrogen-bond donors (Lipinski definition) is 2. The van der Waals surface area contributed by atoms with Crippen molar-refractivity contribution >= 4 is 12.0 Å². The fourth-order valence-electron chi connectivity index (χ4n) is 2.80. The third-order valence-corrected chi connectivity index (χ3v) is 4.20. The molecule has 6 nitrogen and oxygen atoms in total. The Morgan fingerprint density at radius 3 is 2.12 bits per heavy atom. The summed E-state index contributed by atoms with van der Waals surface area (Å²) >= 11 is 0. The van der Waals surface area contributed by atoms with Crippen molar-refractivity contribution in [3.05, 3.63) is 65.7 Å². The van der Waals surface area contributed by atoms with Gasteiger partial charge in [0.05, 0.1) is 0 Å². The maximum atomic E-state index is 12.7. The molecule has 1 unspecified atom stereocenters. The minimum Gasteiger partial charge on any atom is -0.444 e. The summed E-state index contributed by atoms with van der Waals surface area (Å²) in [6, 6.07) is 13.8. The summed E-state index contributed by atoms with van der Waals surface area (Å²) in [4.78, 5) is 24.9. The molecule has 0 aliphatic carbocycles. The lowest BCUT2D eigenvalue weighted by Gasteiger charge is -2.23. The Hall–Kier alpha value is -3.23. The van der Waals surface area contributed by atoms with E-state index >= 15 is 0 Å². The zero-order chi connectivity index (χ0) is 23.8. The number of halogens is 3. The predicted molar refractivity (Wildman–Crippen MR) is 113 cm³/mol. The van der Waals surface area contributed by atoms with E-state index in [4.69, 9.17) is 4.74 Å². The standard InChI is InChI=1S/C23H27F3N2O4/c1-22(2,3)32-21(30)28-19(14-11-16-7-5-4-6-8-16)20(29)27-15-17-9-12-18(13-10-17)31-23(24,25)26/h4-10,12-13,19H,11,14-15H2,1-3H3,(H,27,29)(H,28,30). The van der Waals surface area contributed by atoms with Crippen molar-refractivity contribution in [2.75, 3.05) is 0 Å². The quantitative estimate of drug-likeness (QED) is 0.607. The van der Waals surface area contributed by atoms with Crippen LogP contribution in [-0.2, 0) is 22.5 Å². The maximum absolute atomic E-state index is 12.7. The molecule has 1 atom stereocenters. The molecule has 2 aromatic rings. The second kappa shape index (κ2) is 10.9. The summed E-state index contributed by atoms with van der Waals surface area (Å²) in [6.45, 7) is 5.23. The van der Waals surface area contributed by atoms with Gasteiger partial charge < -0.3 is 20.1 Å². The van der Waals surface area contributed by atoms with E-state index in [9.17, 15) is 22.8 Å². The molecule has 2 amide bonds. The molecule has 0 bridgehead atoms. The van der Waals surface area contributed by atoms with Gasteiger partial charge in [-0.15, -0.1) is 13.2 Å². The first kappa shape index (κ1) is 25.0. The van der Waals surface area contributed by atoms with Crippen molar-refractivity contribution < 1.29 is 32.2 Å². The smallest absolute Gasteiger partial charge is 0.444 e. The minimum absolute atomic E-state index is 0.0724. The molecule has 0 saturated carbocycles. The molecule has 9 heteroatoms. The van der Waals surface area contributed by atoms with Crippen molar-refractivity contribution in [3.8, 4) is 5.75 Å². The van der Waals surface area contributed by atoms with Crippen LogP contribution in [0.15, 0.2) is 54.6 Å². The summed E-state index contributed by atoms with van der Waals surface area (Å²) in [7, 11) is 0. The number of carbonyl (C=O) groups is 2. The van der Waals surface area contributed by atoms with E-state index in [-0.39, 0.29) is 12.3 Å². The van der Waals surface area contributed by atoms with Crippen molar-refractivity contribution in [3.63, 3.8) is 0 Å². The average Bonchev–Trinajstić information content (AvgIpc) is 2.68. The molecule has 0 radical (unpaired) electrons. The largest absolute Gasteiger partial charge is 0.573 e. The van der Waals surface area contributed by atoms with Crippen LogP contribution < -0.4 is 15.4 Å². The molecule has 0 aliphatic rings. The number of nitrogens with one attached hydrogen (secondary N) is 2. The number of aryl methyl sites for hydroxylation is 1. The van der Waals surface area contributed by atoms with Crippen LogP contribution in [0.2, 0.25) is 0 Å². The summed E-state index contributed by atoms with van der Waals surface area (Å²) in [6.07, 6.45) is -4.58. The van der Waals surface area contributed by atoms with Gasteiger partial charge in [0.1, 0.15) is 17.4 Å². The highest BCUT2D eigenvalue weighted by Crippen LogP contribution is 2.22. The SMILES string of the molecule is CC(C)(C)OC(=O)NC(CCc1ccccc1)C(=O)NCc1ccc(OC(F)(F)F)cc1. The topological polar surface area (TPSA) is 76.7 Å². The van der Waals surface area contributed by atoms with Crippen LogP contribution >= 0.6 is 0 Å². The van der Waals surface area contributed by atoms with Crippen LogP contribution in [0.1, 0.15) is 38.3 Å². The number of amides is 2. The molecule has 0 saturated heterocycles. The van der Waals surface area contributed by atoms with Gasteiger partial charge in [-0.1, -0.05) is 42.5 Å². The van der Waals surface area contributed by atoms with E-state index in [2.05, 4.69) is 15.4 Å². The Bertz CT molecular complexity index is 879. The van der Waals surface area contributed by atoms with Crippen LogP contribution in [0, 0.1) is 0 Å². The van der Waals surface area contributed by atoms with Crippen LogP contribution in [0.5, 0.6) is 5.75 Å². The Kier molecular flexibility index (Phi) is 8.51. The van der Waals surface area contributed by atoms with Crippen molar-refractivity contribution in [1.29, 1.82) is 0 Å². The number of carbonyl (C=O) groups excluding carboxylic acids is 2. The van der Waals surface area contributed by atoms with Gasteiger partial charge in [-0.25, -0.2) is 4.79 Å². The molecule has 0 heterocycles. The van der Waals surface area contributed by atoms with E-state index < -0.39 is 30.0 Å². The fourth-order valence-corrected chi connectivity index (χ4v) is 2.80. The van der Waals surface area contributed by atoms with E-state index in [1.807, 2.05) is 30.3 Å². The average molecular weight is 452 g/mol. The van der Waals surface area contributed by atoms with Gasteiger partial charge in [0.15, 0.2) is 0 Å². The van der Waals surface area contributed by atoms with E-state index in [0.717, 1.165) is 5.56 Å². The molecule has 0 aromatic heterocycles. The Morgan fingerprint density at radius 2 is 1.56 bits per heavy atom. The molecular formula is C23H27F3N2O4. The third kappa shape index (κ3) is 9.72. The number of ether oxygens (including phenoxy) is 2. The monoisotopic (exact) mass is 452 g/mol. The Labute approximate surface area is 185 Å². The first-order valence-electron chi connectivity index (χ1n) is 10.1. The highest BCUT2D eigenvalue weighted by atomic mass is 19.4. The predicted octanol–water partition coefficient (Wildman–Crippen LogP) is 4.73. The highest BCUT2D eigenvalue weighted by Gasteiger charge is 2.31. The summed E-state index contributed by atoms with van der Waals surface area (Å²) in [5, 5.41) is 5.30. The van der Waals surface area contributed by atoms with Crippen LogP contribution in [-0.4, -0.2) is 30.0 Å². The molecule has 0 aliphatic heterocycles. The normalized spacial score (nSPS) is 12.6. The summed E-state index contributed by atoms with van der Waals surface area (Å²) in [5.74, 6) is -0.776. The van der Waals surface area contributed by atoms with Crippen molar-refractivity contribution in [2.24, 2.45) is 0 Å². The molecule has 2 N–H and O–H groups in total. The summed E-state index contributed by atoms with van der Waals surface area (Å²) < 4.78 is 45.9. The number of alkyl carbamates (subject to hydrolysis) is 1. The number of alkyl halides is 3. The third-order valence-electron chi connectivity index (χ3n) is 4.20. The lowest BCUT2D eigenvalue weighted by Crippen LogP contribution is -2.48. The van der Waals surface area contributed by atoms with Crippen LogP contribution in [0.3, 0.4) is 0 Å². The lowest BCUT2D eigenvalue weighted by molar-refractivity contribution is -0.274. The van der Waals surface area contributed by atoms with Crippen molar-refractivity contribution in [1.82, 2.24) is 10.6 Å². The van der Waals surface area contributed by atoms with Crippen molar-refractivity contribution in [2.45, 2.75) is 58.2 Å². The van der Waals surface area contributed by atoms with E-state index in [1.165, 1.54) is 24.3 Å². The zero-order valence-corrected chi connectivity index (χ0v) is 18.2. The lowest BCUT2D eigenvalue weighted by atomic mass is 10.0. The minimum atomic E-state index is -4.77. The molecule has 174 valence electrons. The first-order chi connectivity index (χ1) is 14.9. The molecule has 2 rings (SSSR count). The molecular weight excluding hydrogens is 425 g/mol. The maximum Gasteiger partial charge on any atom is 0.573 e. The Balaban J connectivity index is 1.98. The fraction of sp³-hybridized carbons (Fsp3) is 0.391. The molecule has 0 fully saturated rings. The number of benzene rings is 2. The van der Waals surface area contributed by atoms with E-state index in [0.29, 0.717) is 18.4 Å². The Morgan fingerprint density at radius 1 is 0.938 bits per heavy atom. The van der Waals surface area contributed by atoms with Gasteiger partial charge in [-0.2, -0.15) is 0 Å². The number of rotatable bonds is 8. The number of hydrogen-bond acceptors (Lipinski definition) is 4. The van der Waals surface area contributed by atoms with Gasteiger partial charge in [-0.3, -0.25) is 4.79 Å². The zero-order valence-electron chi connectivity index (χ0n) is 18.2. The second-order valence-electron chi connectivity index (χ2n) is 8.13. The van der Waals surface area contributed by atoms with Gasteiger partial charge in [-0.05, 0) is 56.9 Å². The molecule has 32 heavy (non-hydrogen) atoms. The van der Waals surface area contributed by atoms with Gasteiger partial charge in [0, 0.05) is 6.54 Å². The van der Waals surface area contributed by atoms with E-state index in [1.54, 1.807) is 20.8 Å². The second-order valence-corrected chi connectivity index (χ2v) is 8.13. The first-order valence-corrected chi connectivity index (χ1v) is 10.1. The van der Waals surface area contributed by atoms with Crippen LogP contribution in [0.25, 0.3) is 0 Å². The van der Waals surface area contributed by atoms with Gasteiger partial charge >= 0.3 is 12.5 Å². The van der Waals surface area contributed by atoms with Crippen LogP contribution in [0.4, 0.5) is 18.0 Å². The highest BCUT2D eigenvalue weighted by molar-refractivity contribution is 5.85.